The van der Waals surface area contributed by atoms with Gasteiger partial charge in [0.15, 0.2) is 0 Å². The lowest BCUT2D eigenvalue weighted by molar-refractivity contribution is 0.600. The minimum Gasteiger partial charge on any atom is -0.320 e. The molecule has 90 valence electrons. The van der Waals surface area contributed by atoms with E-state index in [4.69, 9.17) is 5.73 Å². The Bertz CT molecular complexity index is 566. The lowest BCUT2D eigenvalue weighted by Crippen LogP contribution is -2.18. The minimum absolute atomic E-state index is 0.238. The molecule has 0 heterocycles. The van der Waals surface area contributed by atoms with Gasteiger partial charge < -0.3 is 5.73 Å². The normalized spacial score (nSPS) is 14.9. The summed E-state index contributed by atoms with van der Waals surface area (Å²) in [6.07, 6.45) is 1.48. The molecular weight excluding hydrogens is 236 g/mol. The number of nitrogens with one attached hydrogen (secondary N) is 1. The Labute approximate surface area is 101 Å². The third-order valence-corrected chi connectivity index (χ3v) is 4.32. The zero-order chi connectivity index (χ0) is 12.3. The van der Waals surface area contributed by atoms with Gasteiger partial charge in [-0.15, -0.1) is 0 Å². The van der Waals surface area contributed by atoms with E-state index in [0.29, 0.717) is 11.3 Å². The van der Waals surface area contributed by atoms with Crippen LogP contribution in [0, 0.1) is 11.8 Å². The van der Waals surface area contributed by atoms with E-state index in [9.17, 15) is 8.42 Å². The number of hydrogen-bond acceptors (Lipinski definition) is 3. The first-order valence-electron chi connectivity index (χ1n) is 5.43. The van der Waals surface area contributed by atoms with Gasteiger partial charge in [-0.25, -0.2) is 8.42 Å². The standard InChI is InChI=1S/C12H14N2O2S/c13-9-3-5-10-4-1-2-6-12(10)14-17(15,16)11-7-8-11/h1-2,4,6,11,14H,7-9,13H2. The van der Waals surface area contributed by atoms with Crippen molar-refractivity contribution in [2.24, 2.45) is 5.73 Å². The quantitative estimate of drug-likeness (QED) is 0.783. The van der Waals surface area contributed by atoms with Crippen molar-refractivity contribution in [3.05, 3.63) is 29.8 Å². The molecule has 0 amide bonds. The van der Waals surface area contributed by atoms with Gasteiger partial charge in [0.2, 0.25) is 10.0 Å². The van der Waals surface area contributed by atoms with E-state index >= 15 is 0 Å². The van der Waals surface area contributed by atoms with Crippen molar-refractivity contribution >= 4 is 15.7 Å². The van der Waals surface area contributed by atoms with Crippen molar-refractivity contribution in [2.75, 3.05) is 11.3 Å². The van der Waals surface area contributed by atoms with Crippen molar-refractivity contribution in [1.29, 1.82) is 0 Å². The molecule has 0 radical (unpaired) electrons. The Balaban J connectivity index is 2.26. The number of rotatable bonds is 3. The molecule has 0 atom stereocenters. The molecule has 1 aromatic carbocycles. The second-order valence-electron chi connectivity index (χ2n) is 3.90. The molecule has 0 saturated heterocycles. The Morgan fingerprint density at radius 1 is 1.35 bits per heavy atom. The molecule has 1 saturated carbocycles. The van der Waals surface area contributed by atoms with Gasteiger partial charge >= 0.3 is 0 Å². The van der Waals surface area contributed by atoms with Crippen LogP contribution < -0.4 is 10.5 Å². The summed E-state index contributed by atoms with van der Waals surface area (Å²) in [5.74, 6) is 5.57. The van der Waals surface area contributed by atoms with E-state index < -0.39 is 10.0 Å². The number of hydrogen-bond donors (Lipinski definition) is 2. The number of anilines is 1. The fourth-order valence-corrected chi connectivity index (χ4v) is 2.85. The maximum absolute atomic E-state index is 11.8. The molecule has 1 aliphatic rings. The van der Waals surface area contributed by atoms with Crippen molar-refractivity contribution < 1.29 is 8.42 Å². The second kappa shape index (κ2) is 4.78. The number of nitrogens with two attached hydrogens (primary N) is 1. The van der Waals surface area contributed by atoms with E-state index in [0.717, 1.165) is 12.8 Å². The zero-order valence-corrected chi connectivity index (χ0v) is 10.1. The first-order valence-corrected chi connectivity index (χ1v) is 6.98. The average molecular weight is 250 g/mol. The monoisotopic (exact) mass is 250 g/mol. The lowest BCUT2D eigenvalue weighted by Gasteiger charge is -2.08. The predicted molar refractivity (Wildman–Crippen MR) is 67.9 cm³/mol. The largest absolute Gasteiger partial charge is 0.320 e. The molecule has 0 bridgehead atoms. The predicted octanol–water partition coefficient (Wildman–Crippen LogP) is 0.901. The van der Waals surface area contributed by atoms with Crippen molar-refractivity contribution in [3.8, 4) is 11.8 Å². The van der Waals surface area contributed by atoms with Crippen LogP contribution in [0.5, 0.6) is 0 Å². The molecule has 4 nitrogen and oxygen atoms in total. The van der Waals surface area contributed by atoms with Gasteiger partial charge in [-0.1, -0.05) is 24.0 Å². The average Bonchev–Trinajstić information content (AvgIpc) is 3.11. The first-order chi connectivity index (χ1) is 8.13. The van der Waals surface area contributed by atoms with Crippen LogP contribution in [0.1, 0.15) is 18.4 Å². The van der Waals surface area contributed by atoms with Gasteiger partial charge in [0.05, 0.1) is 17.5 Å². The van der Waals surface area contributed by atoms with Crippen molar-refractivity contribution in [2.45, 2.75) is 18.1 Å². The summed E-state index contributed by atoms with van der Waals surface area (Å²) in [4.78, 5) is 0. The summed E-state index contributed by atoms with van der Waals surface area (Å²) >= 11 is 0. The third kappa shape index (κ3) is 2.99. The molecule has 0 spiro atoms. The van der Waals surface area contributed by atoms with Gasteiger partial charge in [0.25, 0.3) is 0 Å². The summed E-state index contributed by atoms with van der Waals surface area (Å²) in [6, 6.07) is 7.07. The summed E-state index contributed by atoms with van der Waals surface area (Å²) < 4.78 is 26.2. The second-order valence-corrected chi connectivity index (χ2v) is 5.86. The molecule has 1 aliphatic carbocycles. The van der Waals surface area contributed by atoms with Crippen LogP contribution in [0.25, 0.3) is 0 Å². The van der Waals surface area contributed by atoms with Gasteiger partial charge in [-0.2, -0.15) is 0 Å². The van der Waals surface area contributed by atoms with E-state index in [1.165, 1.54) is 0 Å². The summed E-state index contributed by atoms with van der Waals surface area (Å²) in [6.45, 7) is 0.254. The molecule has 1 fully saturated rings. The molecule has 2 rings (SSSR count). The number of benzene rings is 1. The minimum atomic E-state index is -3.24. The van der Waals surface area contributed by atoms with Crippen LogP contribution in [-0.4, -0.2) is 20.2 Å². The van der Waals surface area contributed by atoms with E-state index in [1.54, 1.807) is 18.2 Å². The van der Waals surface area contributed by atoms with E-state index in [-0.39, 0.29) is 11.8 Å². The first kappa shape index (κ1) is 12.0. The maximum atomic E-state index is 11.8. The Hall–Kier alpha value is -1.51. The van der Waals surface area contributed by atoms with Crippen LogP contribution in [0.15, 0.2) is 24.3 Å². The highest BCUT2D eigenvalue weighted by Crippen LogP contribution is 2.30. The van der Waals surface area contributed by atoms with Gasteiger partial charge in [-0.05, 0) is 25.0 Å². The van der Waals surface area contributed by atoms with Crippen LogP contribution in [-0.2, 0) is 10.0 Å². The summed E-state index contributed by atoms with van der Waals surface area (Å²) in [5, 5.41) is -0.238. The van der Waals surface area contributed by atoms with Crippen LogP contribution in [0.2, 0.25) is 0 Å². The lowest BCUT2D eigenvalue weighted by atomic mass is 10.2. The molecular formula is C12H14N2O2S. The van der Waals surface area contributed by atoms with E-state index in [2.05, 4.69) is 16.6 Å². The molecule has 0 unspecified atom stereocenters. The maximum Gasteiger partial charge on any atom is 0.235 e. The van der Waals surface area contributed by atoms with E-state index in [1.807, 2.05) is 6.07 Å². The Morgan fingerprint density at radius 2 is 2.06 bits per heavy atom. The van der Waals surface area contributed by atoms with Gasteiger partial charge in [-0.3, -0.25) is 4.72 Å². The van der Waals surface area contributed by atoms with Crippen LogP contribution in [0.3, 0.4) is 0 Å². The smallest absolute Gasteiger partial charge is 0.235 e. The van der Waals surface area contributed by atoms with Crippen molar-refractivity contribution in [1.82, 2.24) is 0 Å². The highest BCUT2D eigenvalue weighted by Gasteiger charge is 2.35. The summed E-state index contributed by atoms with van der Waals surface area (Å²) in [5.41, 5.74) is 6.48. The molecule has 1 aromatic rings. The highest BCUT2D eigenvalue weighted by molar-refractivity contribution is 7.93. The van der Waals surface area contributed by atoms with Crippen molar-refractivity contribution in [3.63, 3.8) is 0 Å². The van der Waals surface area contributed by atoms with Gasteiger partial charge in [0.1, 0.15) is 0 Å². The molecule has 17 heavy (non-hydrogen) atoms. The topological polar surface area (TPSA) is 72.2 Å². The number of sulfonamides is 1. The molecule has 5 heteroatoms. The third-order valence-electron chi connectivity index (χ3n) is 2.47. The molecule has 3 N–H and O–H groups in total. The van der Waals surface area contributed by atoms with Gasteiger partial charge in [0, 0.05) is 5.56 Å². The van der Waals surface area contributed by atoms with Crippen LogP contribution in [0.4, 0.5) is 5.69 Å². The highest BCUT2D eigenvalue weighted by atomic mass is 32.2. The molecule has 0 aromatic heterocycles. The fraction of sp³-hybridized carbons (Fsp3) is 0.333. The Kier molecular flexibility index (Phi) is 3.36. The number of para-hydroxylation sites is 1. The fourth-order valence-electron chi connectivity index (χ4n) is 1.44. The van der Waals surface area contributed by atoms with Crippen LogP contribution >= 0.6 is 0 Å². The summed E-state index contributed by atoms with van der Waals surface area (Å²) in [7, 11) is -3.24. The zero-order valence-electron chi connectivity index (χ0n) is 9.31. The Morgan fingerprint density at radius 3 is 2.71 bits per heavy atom. The SMILES string of the molecule is NCC#Cc1ccccc1NS(=O)(=O)C1CC1. The molecule has 0 aliphatic heterocycles.